The topological polar surface area (TPSA) is 41.6 Å². The number of amides is 1. The summed E-state index contributed by atoms with van der Waals surface area (Å²) in [6.07, 6.45) is 0.844. The predicted molar refractivity (Wildman–Crippen MR) is 135 cm³/mol. The van der Waals surface area contributed by atoms with Crippen LogP contribution in [0.1, 0.15) is 30.0 Å². The summed E-state index contributed by atoms with van der Waals surface area (Å²) < 4.78 is 5.36. The van der Waals surface area contributed by atoms with Crippen molar-refractivity contribution in [2.75, 3.05) is 26.7 Å². The van der Waals surface area contributed by atoms with Gasteiger partial charge in [-0.15, -0.1) is 0 Å². The zero-order valence-corrected chi connectivity index (χ0v) is 19.5. The second-order valence-electron chi connectivity index (χ2n) is 8.35. The highest BCUT2D eigenvalue weighted by atomic mass is 16.5. The minimum Gasteiger partial charge on any atom is -0.380 e. The Kier molecular flexibility index (Phi) is 7.71. The first-order valence-electron chi connectivity index (χ1n) is 11.6. The van der Waals surface area contributed by atoms with Crippen molar-refractivity contribution < 1.29 is 9.53 Å². The van der Waals surface area contributed by atoms with E-state index in [0.717, 1.165) is 40.8 Å². The highest BCUT2D eigenvalue weighted by Crippen LogP contribution is 2.30. The molecule has 3 aromatic carbocycles. The van der Waals surface area contributed by atoms with E-state index in [0.29, 0.717) is 26.2 Å². The van der Waals surface area contributed by atoms with Crippen LogP contribution in [-0.2, 0) is 22.7 Å². The van der Waals surface area contributed by atoms with Gasteiger partial charge in [0.05, 0.1) is 6.61 Å². The van der Waals surface area contributed by atoms with Gasteiger partial charge in [-0.25, -0.2) is 0 Å². The summed E-state index contributed by atoms with van der Waals surface area (Å²) in [6, 6.07) is 27.2. The Morgan fingerprint density at radius 2 is 1.61 bits per heavy atom. The molecule has 0 aromatic heterocycles. The van der Waals surface area contributed by atoms with Crippen LogP contribution >= 0.6 is 0 Å². The van der Waals surface area contributed by atoms with Crippen LogP contribution in [0.2, 0.25) is 0 Å². The number of benzene rings is 3. The number of methoxy groups -OCH3 is 1. The zero-order valence-electron chi connectivity index (χ0n) is 19.5. The highest BCUT2D eigenvalue weighted by Gasteiger charge is 2.24. The van der Waals surface area contributed by atoms with E-state index in [2.05, 4.69) is 66.0 Å². The van der Waals surface area contributed by atoms with Crippen LogP contribution < -0.4 is 5.32 Å². The molecule has 1 aliphatic heterocycles. The molecule has 0 radical (unpaired) electrons. The zero-order chi connectivity index (χ0) is 23.0. The van der Waals surface area contributed by atoms with E-state index >= 15 is 0 Å². The Balaban J connectivity index is 1.66. The van der Waals surface area contributed by atoms with E-state index in [1.165, 1.54) is 11.1 Å². The average molecular weight is 441 g/mol. The molecule has 170 valence electrons. The summed E-state index contributed by atoms with van der Waals surface area (Å²) in [6.45, 7) is 5.30. The van der Waals surface area contributed by atoms with E-state index in [1.807, 2.05) is 30.0 Å². The van der Waals surface area contributed by atoms with E-state index in [1.54, 1.807) is 7.11 Å². The number of hydrogen-bond donors (Lipinski definition) is 1. The Bertz CT molecular complexity index is 1120. The third-order valence-corrected chi connectivity index (χ3v) is 6.24. The molecular formula is C29H32N2O2. The van der Waals surface area contributed by atoms with Gasteiger partial charge in [-0.1, -0.05) is 72.8 Å². The standard InChI is InChI=1S/C29H32N2O2/c1-3-31(20-25-12-7-8-13-26(25)21-33-2)29(32)28-19-30-17-16-27(28)24-15-9-14-23(18-24)22-10-5-4-6-11-22/h4-15,18,30H,3,16-17,19-21H2,1-2H3. The van der Waals surface area contributed by atoms with Gasteiger partial charge in [-0.05, 0) is 59.3 Å². The van der Waals surface area contributed by atoms with Crippen molar-refractivity contribution in [2.45, 2.75) is 26.5 Å². The van der Waals surface area contributed by atoms with Gasteiger partial charge in [-0.3, -0.25) is 4.79 Å². The summed E-state index contributed by atoms with van der Waals surface area (Å²) in [5, 5.41) is 3.41. The lowest BCUT2D eigenvalue weighted by Gasteiger charge is -2.28. The molecule has 0 saturated carbocycles. The number of nitrogens with one attached hydrogen (secondary N) is 1. The lowest BCUT2D eigenvalue weighted by atomic mass is 9.91. The van der Waals surface area contributed by atoms with Gasteiger partial charge in [0.25, 0.3) is 5.91 Å². The maximum atomic E-state index is 13.7. The molecule has 0 saturated heterocycles. The number of rotatable bonds is 8. The normalized spacial score (nSPS) is 13.8. The fraction of sp³-hybridized carbons (Fsp3) is 0.276. The highest BCUT2D eigenvalue weighted by molar-refractivity contribution is 6.02. The van der Waals surface area contributed by atoms with Crippen LogP contribution in [0.15, 0.2) is 84.4 Å². The third-order valence-electron chi connectivity index (χ3n) is 6.24. The van der Waals surface area contributed by atoms with Crippen LogP contribution in [0.4, 0.5) is 0 Å². The molecule has 0 aliphatic carbocycles. The van der Waals surface area contributed by atoms with E-state index in [-0.39, 0.29) is 5.91 Å². The Morgan fingerprint density at radius 1 is 0.909 bits per heavy atom. The van der Waals surface area contributed by atoms with Crippen molar-refractivity contribution in [3.05, 3.63) is 101 Å². The Labute approximate surface area is 196 Å². The minimum absolute atomic E-state index is 0.108. The van der Waals surface area contributed by atoms with Crippen molar-refractivity contribution in [1.82, 2.24) is 10.2 Å². The summed E-state index contributed by atoms with van der Waals surface area (Å²) in [5.74, 6) is 0.108. The molecule has 1 N–H and O–H groups in total. The molecule has 33 heavy (non-hydrogen) atoms. The van der Waals surface area contributed by atoms with Crippen molar-refractivity contribution in [2.24, 2.45) is 0 Å². The first-order valence-corrected chi connectivity index (χ1v) is 11.6. The van der Waals surface area contributed by atoms with Crippen LogP contribution in [0.3, 0.4) is 0 Å². The number of carbonyl (C=O) groups excluding carboxylic acids is 1. The van der Waals surface area contributed by atoms with Crippen LogP contribution in [-0.4, -0.2) is 37.6 Å². The molecule has 0 atom stereocenters. The second kappa shape index (κ2) is 11.1. The van der Waals surface area contributed by atoms with E-state index in [4.69, 9.17) is 4.74 Å². The quantitative estimate of drug-likeness (QED) is 0.517. The van der Waals surface area contributed by atoms with Gasteiger partial charge in [0.2, 0.25) is 0 Å². The maximum Gasteiger partial charge on any atom is 0.251 e. The first kappa shape index (κ1) is 23.0. The predicted octanol–water partition coefficient (Wildman–Crippen LogP) is 5.30. The van der Waals surface area contributed by atoms with Crippen LogP contribution in [0.5, 0.6) is 0 Å². The Morgan fingerprint density at radius 3 is 2.36 bits per heavy atom. The third kappa shape index (κ3) is 5.41. The monoisotopic (exact) mass is 440 g/mol. The number of hydrogen-bond acceptors (Lipinski definition) is 3. The minimum atomic E-state index is 0.108. The number of likely N-dealkylation sites (N-methyl/N-ethyl adjacent to an activating group) is 1. The lowest BCUT2D eigenvalue weighted by Crippen LogP contribution is -2.37. The van der Waals surface area contributed by atoms with Gasteiger partial charge in [-0.2, -0.15) is 0 Å². The van der Waals surface area contributed by atoms with Crippen molar-refractivity contribution in [3.8, 4) is 11.1 Å². The lowest BCUT2D eigenvalue weighted by molar-refractivity contribution is -0.127. The van der Waals surface area contributed by atoms with Gasteiger partial charge in [0.1, 0.15) is 0 Å². The fourth-order valence-corrected chi connectivity index (χ4v) is 4.46. The number of ether oxygens (including phenoxy) is 1. The van der Waals surface area contributed by atoms with Crippen LogP contribution in [0.25, 0.3) is 16.7 Å². The van der Waals surface area contributed by atoms with Crippen molar-refractivity contribution >= 4 is 11.5 Å². The number of nitrogens with zero attached hydrogens (tertiary/aromatic N) is 1. The smallest absolute Gasteiger partial charge is 0.251 e. The molecule has 4 heteroatoms. The van der Waals surface area contributed by atoms with Gasteiger partial charge < -0.3 is 15.0 Å². The van der Waals surface area contributed by atoms with E-state index in [9.17, 15) is 4.79 Å². The molecule has 4 nitrogen and oxygen atoms in total. The molecule has 1 heterocycles. The molecule has 0 spiro atoms. The van der Waals surface area contributed by atoms with Crippen molar-refractivity contribution in [1.29, 1.82) is 0 Å². The average Bonchev–Trinajstić information content (AvgIpc) is 2.88. The number of carbonyl (C=O) groups is 1. The fourth-order valence-electron chi connectivity index (χ4n) is 4.46. The molecule has 3 aromatic rings. The molecule has 1 aliphatic rings. The largest absolute Gasteiger partial charge is 0.380 e. The van der Waals surface area contributed by atoms with Crippen LogP contribution in [0, 0.1) is 0 Å². The van der Waals surface area contributed by atoms with Gasteiger partial charge in [0.15, 0.2) is 0 Å². The first-order chi connectivity index (χ1) is 16.2. The SMILES string of the molecule is CCN(Cc1ccccc1COC)C(=O)C1=C(c2cccc(-c3ccccc3)c2)CCNC1. The summed E-state index contributed by atoms with van der Waals surface area (Å²) in [4.78, 5) is 15.7. The Hall–Kier alpha value is -3.21. The molecule has 4 rings (SSSR count). The summed E-state index contributed by atoms with van der Waals surface area (Å²) in [5.41, 5.74) is 7.78. The molecule has 0 fully saturated rings. The van der Waals surface area contributed by atoms with E-state index < -0.39 is 0 Å². The van der Waals surface area contributed by atoms with Crippen molar-refractivity contribution in [3.63, 3.8) is 0 Å². The summed E-state index contributed by atoms with van der Waals surface area (Å²) >= 11 is 0. The summed E-state index contributed by atoms with van der Waals surface area (Å²) in [7, 11) is 1.70. The second-order valence-corrected chi connectivity index (χ2v) is 8.35. The maximum absolute atomic E-state index is 13.7. The molecule has 0 bridgehead atoms. The van der Waals surface area contributed by atoms with Gasteiger partial charge in [0, 0.05) is 32.3 Å². The molecular weight excluding hydrogens is 408 g/mol. The molecule has 1 amide bonds. The van der Waals surface area contributed by atoms with Gasteiger partial charge >= 0.3 is 0 Å². The molecule has 0 unspecified atom stereocenters.